The number of rotatable bonds is 7. The van der Waals surface area contributed by atoms with Crippen LogP contribution in [0.4, 0.5) is 0 Å². The Morgan fingerprint density at radius 3 is 1.86 bits per heavy atom. The third-order valence-corrected chi connectivity index (χ3v) is 2.78. The van der Waals surface area contributed by atoms with Gasteiger partial charge in [0, 0.05) is 6.61 Å². The van der Waals surface area contributed by atoms with Gasteiger partial charge < -0.3 is 21.1 Å². The fourth-order valence-electron chi connectivity index (χ4n) is 1.70. The molecule has 0 saturated heterocycles. The van der Waals surface area contributed by atoms with Gasteiger partial charge >= 0.3 is 0 Å². The number of hydrogen-bond acceptors (Lipinski definition) is 4. The van der Waals surface area contributed by atoms with Crippen molar-refractivity contribution in [3.63, 3.8) is 0 Å². The molecule has 0 aliphatic rings. The van der Waals surface area contributed by atoms with Crippen LogP contribution in [-0.4, -0.2) is 39.7 Å². The summed E-state index contributed by atoms with van der Waals surface area (Å²) in [5.74, 6) is 0. The third kappa shape index (κ3) is 3.20. The summed E-state index contributed by atoms with van der Waals surface area (Å²) in [6.07, 6.45) is 0.531. The van der Waals surface area contributed by atoms with E-state index in [0.29, 0.717) is 25.7 Å². The molecule has 0 radical (unpaired) electrons. The van der Waals surface area contributed by atoms with Gasteiger partial charge in [-0.3, -0.25) is 0 Å². The van der Waals surface area contributed by atoms with Crippen LogP contribution in [0.25, 0.3) is 0 Å². The van der Waals surface area contributed by atoms with E-state index in [0.717, 1.165) is 0 Å². The van der Waals surface area contributed by atoms with Gasteiger partial charge in [-0.25, -0.2) is 0 Å². The summed E-state index contributed by atoms with van der Waals surface area (Å²) in [6.45, 7) is 3.69. The van der Waals surface area contributed by atoms with E-state index in [1.165, 1.54) is 0 Å². The Kier molecular flexibility index (Phi) is 6.27. The predicted molar refractivity (Wildman–Crippen MR) is 55.8 cm³/mol. The first-order chi connectivity index (χ1) is 6.52. The molecule has 0 saturated carbocycles. The maximum Gasteiger partial charge on any atom is 0.0742 e. The standard InChI is InChI=1S/C10H23NO3/c1-3-8(13)10(11,6-5-7-12)9(14)4-2/h8-9,12-14H,3-7,11H2,1-2H3. The average molecular weight is 205 g/mol. The molecule has 2 atom stereocenters. The first-order valence-electron chi connectivity index (χ1n) is 5.28. The molecule has 0 aliphatic heterocycles. The summed E-state index contributed by atoms with van der Waals surface area (Å²) < 4.78 is 0. The maximum atomic E-state index is 9.74. The van der Waals surface area contributed by atoms with E-state index >= 15 is 0 Å². The zero-order valence-corrected chi connectivity index (χ0v) is 9.11. The van der Waals surface area contributed by atoms with E-state index in [1.54, 1.807) is 0 Å². The second-order valence-corrected chi connectivity index (χ2v) is 3.79. The molecule has 0 aromatic heterocycles. The zero-order chi connectivity index (χ0) is 11.2. The molecule has 0 spiro atoms. The van der Waals surface area contributed by atoms with Crippen LogP contribution in [0.3, 0.4) is 0 Å². The number of aliphatic hydroxyl groups excluding tert-OH is 3. The highest BCUT2D eigenvalue weighted by molar-refractivity contribution is 4.96. The summed E-state index contributed by atoms with van der Waals surface area (Å²) in [7, 11) is 0. The van der Waals surface area contributed by atoms with Crippen molar-refractivity contribution in [1.82, 2.24) is 0 Å². The Bertz CT molecular complexity index is 142. The molecule has 0 bridgehead atoms. The lowest BCUT2D eigenvalue weighted by Crippen LogP contribution is -2.59. The summed E-state index contributed by atoms with van der Waals surface area (Å²) in [4.78, 5) is 0. The van der Waals surface area contributed by atoms with Crippen LogP contribution >= 0.6 is 0 Å². The molecule has 2 unspecified atom stereocenters. The SMILES string of the molecule is CCC(O)C(N)(CCCO)C(O)CC. The molecule has 0 heterocycles. The molecule has 14 heavy (non-hydrogen) atoms. The minimum Gasteiger partial charge on any atom is -0.396 e. The first kappa shape index (κ1) is 13.8. The average Bonchev–Trinajstić information content (AvgIpc) is 2.23. The van der Waals surface area contributed by atoms with Gasteiger partial charge in [0.2, 0.25) is 0 Å². The molecule has 4 heteroatoms. The highest BCUT2D eigenvalue weighted by atomic mass is 16.3. The van der Waals surface area contributed by atoms with Crippen LogP contribution in [0.15, 0.2) is 0 Å². The number of nitrogens with two attached hydrogens (primary N) is 1. The summed E-state index contributed by atoms with van der Waals surface area (Å²) in [6, 6.07) is 0. The predicted octanol–water partition coefficient (Wildman–Crippen LogP) is -0.00180. The summed E-state index contributed by atoms with van der Waals surface area (Å²) in [5.41, 5.74) is 5.00. The smallest absolute Gasteiger partial charge is 0.0742 e. The topological polar surface area (TPSA) is 86.7 Å². The Morgan fingerprint density at radius 2 is 1.57 bits per heavy atom. The van der Waals surface area contributed by atoms with Gasteiger partial charge in [0.25, 0.3) is 0 Å². The molecule has 0 aliphatic carbocycles. The molecule has 0 amide bonds. The molecule has 4 nitrogen and oxygen atoms in total. The molecule has 0 fully saturated rings. The summed E-state index contributed by atoms with van der Waals surface area (Å²) >= 11 is 0. The number of aliphatic hydroxyl groups is 3. The minimum atomic E-state index is -0.980. The van der Waals surface area contributed by atoms with Crippen LogP contribution in [0, 0.1) is 0 Å². The van der Waals surface area contributed by atoms with Crippen molar-refractivity contribution < 1.29 is 15.3 Å². The maximum absolute atomic E-state index is 9.74. The van der Waals surface area contributed by atoms with E-state index in [9.17, 15) is 10.2 Å². The van der Waals surface area contributed by atoms with Gasteiger partial charge in [-0.05, 0) is 25.7 Å². The molecule has 0 aromatic carbocycles. The molecule has 5 N–H and O–H groups in total. The van der Waals surface area contributed by atoms with E-state index in [4.69, 9.17) is 10.8 Å². The zero-order valence-electron chi connectivity index (χ0n) is 9.11. The Labute approximate surface area is 85.7 Å². The van der Waals surface area contributed by atoms with E-state index < -0.39 is 17.7 Å². The quantitative estimate of drug-likeness (QED) is 0.471. The lowest BCUT2D eigenvalue weighted by atomic mass is 9.80. The van der Waals surface area contributed by atoms with Crippen LogP contribution in [-0.2, 0) is 0 Å². The second-order valence-electron chi connectivity index (χ2n) is 3.79. The highest BCUT2D eigenvalue weighted by Gasteiger charge is 2.38. The van der Waals surface area contributed by atoms with Crippen molar-refractivity contribution in [2.75, 3.05) is 6.61 Å². The Balaban J connectivity index is 4.47. The first-order valence-corrected chi connectivity index (χ1v) is 5.28. The second kappa shape index (κ2) is 6.35. The monoisotopic (exact) mass is 205 g/mol. The van der Waals surface area contributed by atoms with E-state index in [-0.39, 0.29) is 6.61 Å². The minimum absolute atomic E-state index is 0.0336. The lowest BCUT2D eigenvalue weighted by Gasteiger charge is -2.38. The molecular formula is C10H23NO3. The van der Waals surface area contributed by atoms with E-state index in [1.807, 2.05) is 13.8 Å². The van der Waals surface area contributed by atoms with Gasteiger partial charge in [-0.2, -0.15) is 0 Å². The van der Waals surface area contributed by atoms with Crippen molar-refractivity contribution in [1.29, 1.82) is 0 Å². The lowest BCUT2D eigenvalue weighted by molar-refractivity contribution is -0.0211. The van der Waals surface area contributed by atoms with Gasteiger partial charge in [-0.15, -0.1) is 0 Å². The van der Waals surface area contributed by atoms with Gasteiger partial charge in [0.05, 0.1) is 17.7 Å². The molecular weight excluding hydrogens is 182 g/mol. The Hall–Kier alpha value is -0.160. The van der Waals surface area contributed by atoms with Crippen molar-refractivity contribution in [2.24, 2.45) is 5.73 Å². The fraction of sp³-hybridized carbons (Fsp3) is 1.00. The third-order valence-electron chi connectivity index (χ3n) is 2.78. The van der Waals surface area contributed by atoms with Crippen LogP contribution < -0.4 is 5.73 Å². The van der Waals surface area contributed by atoms with Crippen LogP contribution in [0.1, 0.15) is 39.5 Å². The van der Waals surface area contributed by atoms with Gasteiger partial charge in [-0.1, -0.05) is 13.8 Å². The summed E-state index contributed by atoms with van der Waals surface area (Å²) in [5, 5.41) is 28.2. The van der Waals surface area contributed by atoms with Gasteiger partial charge in [0.15, 0.2) is 0 Å². The van der Waals surface area contributed by atoms with Crippen LogP contribution in [0.5, 0.6) is 0 Å². The molecule has 86 valence electrons. The van der Waals surface area contributed by atoms with Gasteiger partial charge in [0.1, 0.15) is 0 Å². The van der Waals surface area contributed by atoms with Crippen LogP contribution in [0.2, 0.25) is 0 Å². The largest absolute Gasteiger partial charge is 0.396 e. The fourth-order valence-corrected chi connectivity index (χ4v) is 1.70. The normalized spacial score (nSPS) is 20.1. The highest BCUT2D eigenvalue weighted by Crippen LogP contribution is 2.23. The Morgan fingerprint density at radius 1 is 1.14 bits per heavy atom. The van der Waals surface area contributed by atoms with Crippen molar-refractivity contribution in [2.45, 2.75) is 57.3 Å². The molecule has 0 aromatic rings. The number of hydrogen-bond donors (Lipinski definition) is 4. The van der Waals surface area contributed by atoms with E-state index in [2.05, 4.69) is 0 Å². The van der Waals surface area contributed by atoms with Crippen molar-refractivity contribution >= 4 is 0 Å². The molecule has 0 rings (SSSR count). The van der Waals surface area contributed by atoms with Crippen molar-refractivity contribution in [3.8, 4) is 0 Å². The van der Waals surface area contributed by atoms with Crippen molar-refractivity contribution in [3.05, 3.63) is 0 Å².